The molecule has 1 aliphatic rings. The Morgan fingerprint density at radius 3 is 2.29 bits per heavy atom. The fraction of sp³-hybridized carbons (Fsp3) is 0.579. The number of rotatable bonds is 5. The molecule has 0 atom stereocenters. The van der Waals surface area contributed by atoms with Crippen molar-refractivity contribution in [1.82, 2.24) is 15.5 Å². The van der Waals surface area contributed by atoms with Gasteiger partial charge in [0.2, 0.25) is 0 Å². The normalized spacial score (nSPS) is 18.7. The van der Waals surface area contributed by atoms with E-state index in [0.717, 1.165) is 25.5 Å². The number of guanidine groups is 1. The van der Waals surface area contributed by atoms with Gasteiger partial charge in [-0.05, 0) is 32.4 Å². The second-order valence-corrected chi connectivity index (χ2v) is 7.48. The van der Waals surface area contributed by atoms with Crippen LogP contribution in [0.2, 0.25) is 0 Å². The van der Waals surface area contributed by atoms with Crippen LogP contribution in [0.4, 0.5) is 0 Å². The lowest BCUT2D eigenvalue weighted by atomic mass is 9.65. The molecule has 0 bridgehead atoms. The van der Waals surface area contributed by atoms with Crippen LogP contribution >= 0.6 is 0 Å². The quantitative estimate of drug-likeness (QED) is 0.495. The van der Waals surface area contributed by atoms with Crippen molar-refractivity contribution in [3.8, 4) is 0 Å². The predicted octanol–water partition coefficient (Wildman–Crippen LogP) is 2.50. The smallest absolute Gasteiger partial charge is 0.251 e. The van der Waals surface area contributed by atoms with E-state index in [1.54, 1.807) is 0 Å². The van der Waals surface area contributed by atoms with E-state index < -0.39 is 0 Å². The van der Waals surface area contributed by atoms with E-state index >= 15 is 0 Å². The largest absolute Gasteiger partial charge is 0.356 e. The molecule has 0 radical (unpaired) electrons. The number of likely N-dealkylation sites (tertiary alicyclic amines) is 1. The molecule has 1 aliphatic heterocycles. The third kappa shape index (κ3) is 3.71. The summed E-state index contributed by atoms with van der Waals surface area (Å²) >= 11 is 0. The Balaban J connectivity index is 1.71. The van der Waals surface area contributed by atoms with E-state index in [4.69, 9.17) is 0 Å². The van der Waals surface area contributed by atoms with Gasteiger partial charge < -0.3 is 15.5 Å². The van der Waals surface area contributed by atoms with E-state index in [1.165, 1.54) is 0 Å². The summed E-state index contributed by atoms with van der Waals surface area (Å²) in [6, 6.07) is 9.30. The van der Waals surface area contributed by atoms with Gasteiger partial charge in [-0.3, -0.25) is 9.79 Å². The average molecular weight is 330 g/mol. The lowest BCUT2D eigenvalue weighted by molar-refractivity contribution is -0.0667. The van der Waals surface area contributed by atoms with Gasteiger partial charge in [0.05, 0.1) is 0 Å². The topological polar surface area (TPSA) is 56.7 Å². The van der Waals surface area contributed by atoms with Crippen LogP contribution in [0.25, 0.3) is 0 Å². The van der Waals surface area contributed by atoms with Crippen LogP contribution in [-0.2, 0) is 0 Å². The number of carbonyl (C=O) groups is 1. The summed E-state index contributed by atoms with van der Waals surface area (Å²) in [5, 5.41) is 6.35. The molecular formula is C19H30N4O. The average Bonchev–Trinajstić information content (AvgIpc) is 2.57. The van der Waals surface area contributed by atoms with Crippen LogP contribution in [0, 0.1) is 5.41 Å². The Morgan fingerprint density at radius 2 is 1.75 bits per heavy atom. The number of carbonyl (C=O) groups excluding carboxylic acids is 1. The van der Waals surface area contributed by atoms with E-state index in [9.17, 15) is 4.79 Å². The molecule has 5 nitrogen and oxygen atoms in total. The maximum Gasteiger partial charge on any atom is 0.251 e. The first-order chi connectivity index (χ1) is 11.3. The fourth-order valence-corrected chi connectivity index (χ4v) is 2.88. The summed E-state index contributed by atoms with van der Waals surface area (Å²) in [5.41, 5.74) is 1.08. The fourth-order valence-electron chi connectivity index (χ4n) is 2.88. The van der Waals surface area contributed by atoms with Crippen LogP contribution in [-0.4, -0.2) is 49.0 Å². The van der Waals surface area contributed by atoms with Crippen LogP contribution in [0.5, 0.6) is 0 Å². The molecule has 1 amide bonds. The SMILES string of the molecule is CN=C(NCCCNC(=O)c1ccccc1)N1CC(C)(C)C1(C)C. The zero-order chi connectivity index (χ0) is 17.8. The molecule has 1 heterocycles. The van der Waals surface area contributed by atoms with Gasteiger partial charge in [0.1, 0.15) is 0 Å². The number of amides is 1. The third-order valence-corrected chi connectivity index (χ3v) is 5.31. The van der Waals surface area contributed by atoms with Crippen molar-refractivity contribution in [2.45, 2.75) is 39.7 Å². The highest BCUT2D eigenvalue weighted by atomic mass is 16.1. The minimum Gasteiger partial charge on any atom is -0.356 e. The number of benzene rings is 1. The highest BCUT2D eigenvalue weighted by Gasteiger charge is 2.53. The zero-order valence-electron chi connectivity index (χ0n) is 15.5. The summed E-state index contributed by atoms with van der Waals surface area (Å²) < 4.78 is 0. The third-order valence-electron chi connectivity index (χ3n) is 5.31. The van der Waals surface area contributed by atoms with Gasteiger partial charge in [0.15, 0.2) is 5.96 Å². The molecule has 0 spiro atoms. The van der Waals surface area contributed by atoms with Crippen molar-refractivity contribution < 1.29 is 4.79 Å². The molecule has 5 heteroatoms. The molecule has 132 valence electrons. The van der Waals surface area contributed by atoms with E-state index in [2.05, 4.69) is 48.2 Å². The molecule has 2 rings (SSSR count). The molecule has 1 saturated heterocycles. The Labute approximate surface area is 145 Å². The van der Waals surface area contributed by atoms with Gasteiger partial charge in [-0.15, -0.1) is 0 Å². The van der Waals surface area contributed by atoms with Crippen LogP contribution in [0.3, 0.4) is 0 Å². The second-order valence-electron chi connectivity index (χ2n) is 7.48. The van der Waals surface area contributed by atoms with Crippen molar-refractivity contribution in [3.63, 3.8) is 0 Å². The van der Waals surface area contributed by atoms with Crippen molar-refractivity contribution in [2.75, 3.05) is 26.7 Å². The molecule has 2 N–H and O–H groups in total. The number of nitrogens with zero attached hydrogens (tertiary/aromatic N) is 2. The minimum absolute atomic E-state index is 0.0226. The Kier molecular flexibility index (Phi) is 5.52. The molecule has 0 unspecified atom stereocenters. The molecule has 24 heavy (non-hydrogen) atoms. The van der Waals surface area contributed by atoms with E-state index in [-0.39, 0.29) is 16.9 Å². The second kappa shape index (κ2) is 7.24. The van der Waals surface area contributed by atoms with Crippen molar-refractivity contribution in [2.24, 2.45) is 10.4 Å². The maximum absolute atomic E-state index is 12.0. The highest BCUT2D eigenvalue weighted by molar-refractivity contribution is 5.94. The maximum atomic E-state index is 12.0. The monoisotopic (exact) mass is 330 g/mol. The highest BCUT2D eigenvalue weighted by Crippen LogP contribution is 2.46. The Hall–Kier alpha value is -2.04. The van der Waals surface area contributed by atoms with Crippen molar-refractivity contribution in [3.05, 3.63) is 35.9 Å². The van der Waals surface area contributed by atoms with Gasteiger partial charge in [-0.2, -0.15) is 0 Å². The molecule has 1 aromatic rings. The minimum atomic E-state index is -0.0226. The molecule has 0 aromatic heterocycles. The van der Waals surface area contributed by atoms with Crippen molar-refractivity contribution in [1.29, 1.82) is 0 Å². The summed E-state index contributed by atoms with van der Waals surface area (Å²) in [6.45, 7) is 11.5. The van der Waals surface area contributed by atoms with E-state index in [0.29, 0.717) is 12.1 Å². The first kappa shape index (κ1) is 18.3. The first-order valence-electron chi connectivity index (χ1n) is 8.61. The van der Waals surface area contributed by atoms with Gasteiger partial charge in [-0.1, -0.05) is 32.0 Å². The van der Waals surface area contributed by atoms with Crippen LogP contribution in [0.15, 0.2) is 35.3 Å². The van der Waals surface area contributed by atoms with Crippen LogP contribution in [0.1, 0.15) is 44.5 Å². The van der Waals surface area contributed by atoms with Gasteiger partial charge in [-0.25, -0.2) is 0 Å². The Morgan fingerprint density at radius 1 is 1.12 bits per heavy atom. The molecule has 0 aliphatic carbocycles. The molecular weight excluding hydrogens is 300 g/mol. The molecule has 1 aromatic carbocycles. The number of hydrogen-bond donors (Lipinski definition) is 2. The Bertz CT molecular complexity index is 593. The summed E-state index contributed by atoms with van der Waals surface area (Å²) in [5.74, 6) is 0.916. The standard InChI is InChI=1S/C19H30N4O/c1-18(2)14-23(19(18,3)4)17(20-5)22-13-9-12-21-16(24)15-10-7-6-8-11-15/h6-8,10-11H,9,12-14H2,1-5H3,(H,20,22)(H,21,24). The van der Waals surface area contributed by atoms with Gasteiger partial charge in [0.25, 0.3) is 5.91 Å². The summed E-state index contributed by atoms with van der Waals surface area (Å²) in [6.07, 6.45) is 0.856. The summed E-state index contributed by atoms with van der Waals surface area (Å²) in [4.78, 5) is 18.7. The van der Waals surface area contributed by atoms with Crippen LogP contribution < -0.4 is 10.6 Å². The zero-order valence-corrected chi connectivity index (χ0v) is 15.5. The number of aliphatic imine (C=N–C) groups is 1. The predicted molar refractivity (Wildman–Crippen MR) is 99.3 cm³/mol. The lowest BCUT2D eigenvalue weighted by Gasteiger charge is -2.62. The number of nitrogens with one attached hydrogen (secondary N) is 2. The van der Waals surface area contributed by atoms with Crippen molar-refractivity contribution >= 4 is 11.9 Å². The molecule has 1 fully saturated rings. The van der Waals surface area contributed by atoms with E-state index in [1.807, 2.05) is 37.4 Å². The summed E-state index contributed by atoms with van der Waals surface area (Å²) in [7, 11) is 1.82. The lowest BCUT2D eigenvalue weighted by Crippen LogP contribution is -2.72. The molecule has 0 saturated carbocycles. The first-order valence-corrected chi connectivity index (χ1v) is 8.61. The van der Waals surface area contributed by atoms with Gasteiger partial charge >= 0.3 is 0 Å². The van der Waals surface area contributed by atoms with Gasteiger partial charge in [0, 0.05) is 43.2 Å². The number of hydrogen-bond acceptors (Lipinski definition) is 2.